The number of aryl methyl sites for hydroxylation is 1. The molecule has 0 aliphatic carbocycles. The third-order valence-electron chi connectivity index (χ3n) is 4.81. The maximum Gasteiger partial charge on any atom is 0.329 e. The first-order valence-corrected chi connectivity index (χ1v) is 8.60. The Morgan fingerprint density at radius 3 is 2.62 bits per heavy atom. The van der Waals surface area contributed by atoms with Gasteiger partial charge in [-0.25, -0.2) is 4.79 Å². The highest BCUT2D eigenvalue weighted by atomic mass is 16.5. The van der Waals surface area contributed by atoms with E-state index in [-0.39, 0.29) is 18.1 Å². The standard InChI is InChI=1S/C18H25N3O3/c1-3-20-15-8-4-5-9-16(15)21(18(20)23)12-17(22)19-10-6-7-14(11-19)13-24-2/h4-5,8-9,14H,3,6-7,10-13H2,1-2H3. The molecule has 1 amide bonds. The number of carbonyl (C=O) groups excluding carboxylic acids is 1. The van der Waals surface area contributed by atoms with Crippen LogP contribution in [0.2, 0.25) is 0 Å². The van der Waals surface area contributed by atoms with Crippen molar-refractivity contribution >= 4 is 16.9 Å². The molecule has 2 heterocycles. The van der Waals surface area contributed by atoms with Gasteiger partial charge in [-0.05, 0) is 37.8 Å². The Labute approximate surface area is 141 Å². The lowest BCUT2D eigenvalue weighted by Crippen LogP contribution is -2.43. The number of rotatable bonds is 5. The Morgan fingerprint density at radius 1 is 1.25 bits per heavy atom. The molecule has 1 aliphatic heterocycles. The van der Waals surface area contributed by atoms with Crippen LogP contribution in [-0.2, 0) is 22.6 Å². The predicted molar refractivity (Wildman–Crippen MR) is 93.1 cm³/mol. The van der Waals surface area contributed by atoms with Crippen LogP contribution in [0.1, 0.15) is 19.8 Å². The third kappa shape index (κ3) is 3.11. The van der Waals surface area contributed by atoms with Gasteiger partial charge in [-0.1, -0.05) is 12.1 Å². The van der Waals surface area contributed by atoms with Crippen molar-refractivity contribution in [1.29, 1.82) is 0 Å². The Bertz CT molecular complexity index is 775. The second kappa shape index (κ2) is 7.21. The number of amides is 1. The monoisotopic (exact) mass is 331 g/mol. The van der Waals surface area contributed by atoms with Crippen molar-refractivity contribution in [1.82, 2.24) is 14.0 Å². The lowest BCUT2D eigenvalue weighted by Gasteiger charge is -2.32. The third-order valence-corrected chi connectivity index (χ3v) is 4.81. The first-order valence-electron chi connectivity index (χ1n) is 8.60. The van der Waals surface area contributed by atoms with Crippen molar-refractivity contribution in [2.45, 2.75) is 32.9 Å². The molecular formula is C18H25N3O3. The molecule has 0 N–H and O–H groups in total. The van der Waals surface area contributed by atoms with Gasteiger partial charge in [0, 0.05) is 26.7 Å². The molecular weight excluding hydrogens is 306 g/mol. The molecule has 1 unspecified atom stereocenters. The number of methoxy groups -OCH3 is 1. The summed E-state index contributed by atoms with van der Waals surface area (Å²) in [7, 11) is 1.69. The van der Waals surface area contributed by atoms with Gasteiger partial charge < -0.3 is 9.64 Å². The van der Waals surface area contributed by atoms with E-state index in [4.69, 9.17) is 4.74 Å². The smallest absolute Gasteiger partial charge is 0.329 e. The second-order valence-corrected chi connectivity index (χ2v) is 6.41. The summed E-state index contributed by atoms with van der Waals surface area (Å²) in [5, 5.41) is 0. The van der Waals surface area contributed by atoms with E-state index in [1.165, 1.54) is 0 Å². The van der Waals surface area contributed by atoms with E-state index < -0.39 is 0 Å². The number of para-hydroxylation sites is 2. The number of nitrogens with zero attached hydrogens (tertiary/aromatic N) is 3. The average Bonchev–Trinajstić information content (AvgIpc) is 2.87. The van der Waals surface area contributed by atoms with Gasteiger partial charge in [0.1, 0.15) is 6.54 Å². The molecule has 0 bridgehead atoms. The van der Waals surface area contributed by atoms with Crippen molar-refractivity contribution in [3.05, 3.63) is 34.7 Å². The number of piperidine rings is 1. The van der Waals surface area contributed by atoms with Crippen LogP contribution >= 0.6 is 0 Å². The van der Waals surface area contributed by atoms with Gasteiger partial charge >= 0.3 is 5.69 Å². The first-order chi connectivity index (χ1) is 11.7. The van der Waals surface area contributed by atoms with Crippen molar-refractivity contribution in [3.8, 4) is 0 Å². The summed E-state index contributed by atoms with van der Waals surface area (Å²) in [5.41, 5.74) is 1.59. The highest BCUT2D eigenvalue weighted by Gasteiger charge is 2.25. The van der Waals surface area contributed by atoms with Gasteiger partial charge in [0.15, 0.2) is 0 Å². The van der Waals surface area contributed by atoms with Gasteiger partial charge in [-0.3, -0.25) is 13.9 Å². The maximum absolute atomic E-state index is 12.7. The first kappa shape index (κ1) is 16.8. The number of aromatic nitrogens is 2. The van der Waals surface area contributed by atoms with Crippen LogP contribution in [0, 0.1) is 5.92 Å². The summed E-state index contributed by atoms with van der Waals surface area (Å²) < 4.78 is 8.54. The fourth-order valence-electron chi connectivity index (χ4n) is 3.63. The van der Waals surface area contributed by atoms with Crippen LogP contribution in [0.15, 0.2) is 29.1 Å². The van der Waals surface area contributed by atoms with E-state index in [0.717, 1.165) is 30.4 Å². The summed E-state index contributed by atoms with van der Waals surface area (Å²) in [4.78, 5) is 27.2. The van der Waals surface area contributed by atoms with Crippen molar-refractivity contribution in [2.24, 2.45) is 5.92 Å². The molecule has 0 saturated carbocycles. The molecule has 1 saturated heterocycles. The minimum Gasteiger partial charge on any atom is -0.384 e. The molecule has 24 heavy (non-hydrogen) atoms. The lowest BCUT2D eigenvalue weighted by molar-refractivity contribution is -0.134. The zero-order valence-electron chi connectivity index (χ0n) is 14.4. The highest BCUT2D eigenvalue weighted by Crippen LogP contribution is 2.18. The molecule has 2 aromatic rings. The minimum absolute atomic E-state index is 0.0110. The van der Waals surface area contributed by atoms with Crippen molar-refractivity contribution < 1.29 is 9.53 Å². The lowest BCUT2D eigenvalue weighted by atomic mass is 9.99. The summed E-state index contributed by atoms with van der Waals surface area (Å²) in [6, 6.07) is 7.65. The van der Waals surface area contributed by atoms with Crippen LogP contribution in [0.5, 0.6) is 0 Å². The second-order valence-electron chi connectivity index (χ2n) is 6.41. The summed E-state index contributed by atoms with van der Waals surface area (Å²) in [5.74, 6) is 0.401. The Kier molecular flexibility index (Phi) is 5.04. The predicted octanol–water partition coefficient (Wildman–Crippen LogP) is 1.71. The van der Waals surface area contributed by atoms with Crippen LogP contribution in [0.3, 0.4) is 0 Å². The molecule has 1 aromatic carbocycles. The Morgan fingerprint density at radius 2 is 1.96 bits per heavy atom. The number of benzene rings is 1. The number of fused-ring (bicyclic) bond motifs is 1. The molecule has 6 nitrogen and oxygen atoms in total. The highest BCUT2D eigenvalue weighted by molar-refractivity contribution is 5.81. The van der Waals surface area contributed by atoms with Gasteiger partial charge in [0.2, 0.25) is 5.91 Å². The van der Waals surface area contributed by atoms with Crippen LogP contribution in [0.25, 0.3) is 11.0 Å². The molecule has 3 rings (SSSR count). The molecule has 1 aliphatic rings. The van der Waals surface area contributed by atoms with Crippen LogP contribution in [-0.4, -0.2) is 46.7 Å². The number of carbonyl (C=O) groups is 1. The molecule has 130 valence electrons. The van der Waals surface area contributed by atoms with E-state index in [1.807, 2.05) is 36.1 Å². The van der Waals surface area contributed by atoms with Gasteiger partial charge in [0.25, 0.3) is 0 Å². The van der Waals surface area contributed by atoms with Gasteiger partial charge in [-0.2, -0.15) is 0 Å². The summed E-state index contributed by atoms with van der Waals surface area (Å²) >= 11 is 0. The fraction of sp³-hybridized carbons (Fsp3) is 0.556. The molecule has 0 spiro atoms. The largest absolute Gasteiger partial charge is 0.384 e. The number of imidazole rings is 1. The van der Waals surface area contributed by atoms with E-state index >= 15 is 0 Å². The molecule has 6 heteroatoms. The summed E-state index contributed by atoms with van der Waals surface area (Å²) in [6.45, 7) is 4.80. The number of hydrogen-bond acceptors (Lipinski definition) is 3. The quantitative estimate of drug-likeness (QED) is 0.838. The van der Waals surface area contributed by atoms with E-state index in [2.05, 4.69) is 0 Å². The Hall–Kier alpha value is -2.08. The summed E-state index contributed by atoms with van der Waals surface area (Å²) in [6.07, 6.45) is 2.08. The fourth-order valence-corrected chi connectivity index (χ4v) is 3.63. The van der Waals surface area contributed by atoms with E-state index in [0.29, 0.717) is 25.6 Å². The molecule has 1 atom stereocenters. The SMILES string of the molecule is CCn1c(=O)n(CC(=O)N2CCCC(COC)C2)c2ccccc21. The number of likely N-dealkylation sites (tertiary alicyclic amines) is 1. The van der Waals surface area contributed by atoms with Crippen molar-refractivity contribution in [2.75, 3.05) is 26.8 Å². The molecule has 0 radical (unpaired) electrons. The number of hydrogen-bond donors (Lipinski definition) is 0. The van der Waals surface area contributed by atoms with E-state index in [1.54, 1.807) is 16.2 Å². The van der Waals surface area contributed by atoms with Crippen LogP contribution in [0.4, 0.5) is 0 Å². The zero-order chi connectivity index (χ0) is 17.1. The Balaban J connectivity index is 1.83. The zero-order valence-corrected chi connectivity index (χ0v) is 14.4. The van der Waals surface area contributed by atoms with Gasteiger partial charge in [0.05, 0.1) is 17.6 Å². The topological polar surface area (TPSA) is 56.5 Å². The molecule has 1 aromatic heterocycles. The van der Waals surface area contributed by atoms with Crippen LogP contribution < -0.4 is 5.69 Å². The molecule has 1 fully saturated rings. The number of ether oxygens (including phenoxy) is 1. The van der Waals surface area contributed by atoms with E-state index in [9.17, 15) is 9.59 Å². The normalized spacial score (nSPS) is 18.2. The van der Waals surface area contributed by atoms with Gasteiger partial charge in [-0.15, -0.1) is 0 Å². The van der Waals surface area contributed by atoms with Crippen molar-refractivity contribution in [3.63, 3.8) is 0 Å². The minimum atomic E-state index is -0.113. The maximum atomic E-state index is 12.7. The average molecular weight is 331 g/mol.